The molecule has 0 aromatic heterocycles. The summed E-state index contributed by atoms with van der Waals surface area (Å²) in [5, 5.41) is 65.7. The average Bonchev–Trinajstić information content (AvgIpc) is 1.03. The van der Waals surface area contributed by atoms with Gasteiger partial charge in [0.1, 0.15) is 18.3 Å². The van der Waals surface area contributed by atoms with Gasteiger partial charge in [0.2, 0.25) is 0 Å². The van der Waals surface area contributed by atoms with Crippen molar-refractivity contribution in [1.82, 2.24) is 9.80 Å². The van der Waals surface area contributed by atoms with Gasteiger partial charge in [-0.1, -0.05) is 20.8 Å². The van der Waals surface area contributed by atoms with Crippen molar-refractivity contribution in [1.29, 1.82) is 0 Å². The quantitative estimate of drug-likeness (QED) is 0.0490. The van der Waals surface area contributed by atoms with Gasteiger partial charge in [0.25, 0.3) is 0 Å². The molecule has 3 fully saturated rings. The molecule has 14 nitrogen and oxygen atoms in total. The summed E-state index contributed by atoms with van der Waals surface area (Å²) in [7, 11) is 2.76. The number of cyclic esters (lactones) is 1. The molecule has 0 spiro atoms. The Kier molecular flexibility index (Phi) is 23.9. The molecule has 5 N–H and O–H groups in total. The number of rotatable bonds is 17. The Morgan fingerprint density at radius 3 is 1.71 bits per heavy atom. The van der Waals surface area contributed by atoms with Crippen LogP contribution in [0.2, 0.25) is 0 Å². The molecular weight excluding hydrogens is 1080 g/mol. The van der Waals surface area contributed by atoms with Crippen molar-refractivity contribution in [3.63, 3.8) is 0 Å². The van der Waals surface area contributed by atoms with E-state index in [0.717, 1.165) is 31.8 Å². The fraction of sp³-hybridized carbons (Fsp3) is 0.710. The average molecular weight is 1190 g/mol. The zero-order valence-corrected chi connectivity index (χ0v) is 55.8. The Morgan fingerprint density at radius 1 is 0.726 bits per heavy atom. The summed E-state index contributed by atoms with van der Waals surface area (Å²) in [5.41, 5.74) is 2.85. The zero-order valence-electron chi connectivity index (χ0n) is 54.8. The minimum Gasteiger partial charge on any atom is -0.383 e. The van der Waals surface area contributed by atoms with Crippen LogP contribution < -0.4 is 15.9 Å². The molecule has 6 rings (SSSR count). The van der Waals surface area contributed by atoms with Crippen LogP contribution in [0.1, 0.15) is 167 Å². The van der Waals surface area contributed by atoms with Gasteiger partial charge >= 0.3 is 275 Å². The van der Waals surface area contributed by atoms with E-state index in [1.165, 1.54) is 63.3 Å². The van der Waals surface area contributed by atoms with E-state index in [1.54, 1.807) is 39.5 Å². The number of benzene rings is 3. The predicted molar refractivity (Wildman–Crippen MR) is 339 cm³/mol. The molecule has 1 amide bonds. The number of aryl methyl sites for hydroxylation is 6. The number of aliphatic hydroxyl groups is 5. The first kappa shape index (κ1) is 69.7. The van der Waals surface area contributed by atoms with E-state index < -0.39 is 109 Å². The monoisotopic (exact) mass is 1190 g/mol. The first-order valence-corrected chi connectivity index (χ1v) is 33.8. The van der Waals surface area contributed by atoms with Crippen LogP contribution >= 0.6 is 7.26 Å². The number of aliphatic hydroxyl groups excluding tert-OH is 3. The molecule has 15 heteroatoms. The molecule has 3 aromatic carbocycles. The standard InChI is InChI=1S/C69H111N2O12P/c1-20-58-69(16,78)62(74)51(12)71(59(72)26-24-22-21-23-25-27-84(53-31-41(2)28-42(3)32-53,54-33-43(4)29-44(5)34-54)55-35-45(6)30-46(7)36-55)40-47(8)38-67(14,77)64(83-66-61(73)56(70(17)18)37-48(9)80-66)49(10)60(50(11)65(76)82-58)57-39-68(15,79-19)63(75)52(13)81-57/h28-36,47-52,56-58,60-64,66,73-75,77-78,84H,20-27,37-40H2,1-19H3/t47-,48-,49+,50-,51-,52+,56+,57?,58-,60+,61-,62-,63+,64-,66+,67-,68-,69-/m1/s1. The molecule has 0 aliphatic carbocycles. The smallest absolute Gasteiger partial charge is 0.383 e. The van der Waals surface area contributed by atoms with E-state index >= 15 is 0 Å². The van der Waals surface area contributed by atoms with Gasteiger partial charge in [0.05, 0.1) is 41.5 Å². The van der Waals surface area contributed by atoms with Crippen LogP contribution in [0.5, 0.6) is 0 Å². The Balaban J connectivity index is 1.29. The van der Waals surface area contributed by atoms with Gasteiger partial charge in [-0.3, -0.25) is 4.79 Å². The number of hydrogen-bond donors (Lipinski definition) is 5. The number of ether oxygens (including phenoxy) is 5. The van der Waals surface area contributed by atoms with E-state index in [9.17, 15) is 35.1 Å². The maximum atomic E-state index is 14.9. The molecule has 3 heterocycles. The summed E-state index contributed by atoms with van der Waals surface area (Å²) < 4.78 is 32.3. The number of likely N-dealkylation sites (N-methyl/N-ethyl adjacent to an activating group) is 1. The molecule has 84 heavy (non-hydrogen) atoms. The molecule has 0 bridgehead atoms. The molecular formula is C69H111N2O12P. The Hall–Kier alpha value is -3.37. The summed E-state index contributed by atoms with van der Waals surface area (Å²) >= 11 is 0. The van der Waals surface area contributed by atoms with E-state index in [0.29, 0.717) is 12.8 Å². The van der Waals surface area contributed by atoms with Gasteiger partial charge in [-0.2, -0.15) is 0 Å². The third-order valence-electron chi connectivity index (χ3n) is 19.7. The van der Waals surface area contributed by atoms with Crippen LogP contribution in [-0.2, 0) is 33.3 Å². The molecule has 18 atom stereocenters. The number of carbonyl (C=O) groups excluding carboxylic acids is 2. The van der Waals surface area contributed by atoms with Crippen LogP contribution in [-0.4, -0.2) is 165 Å². The van der Waals surface area contributed by atoms with Crippen LogP contribution in [0, 0.1) is 65.2 Å². The number of carbonyl (C=O) groups is 2. The van der Waals surface area contributed by atoms with Gasteiger partial charge in [-0.05, 0) is 67.5 Å². The molecule has 0 saturated carbocycles. The van der Waals surface area contributed by atoms with Gasteiger partial charge in [0, 0.05) is 25.5 Å². The number of amides is 1. The molecule has 474 valence electrons. The number of esters is 1. The van der Waals surface area contributed by atoms with E-state index in [1.807, 2.05) is 46.7 Å². The van der Waals surface area contributed by atoms with Crippen molar-refractivity contribution in [2.24, 2.45) is 23.7 Å². The third-order valence-corrected chi connectivity index (χ3v) is 24.6. The maximum absolute atomic E-state index is 14.9. The summed E-state index contributed by atoms with van der Waals surface area (Å²) in [4.78, 5) is 33.4. The van der Waals surface area contributed by atoms with Crippen LogP contribution in [0.15, 0.2) is 54.6 Å². The normalized spacial score (nSPS) is 35.3. The Morgan fingerprint density at radius 2 is 1.23 bits per heavy atom. The summed E-state index contributed by atoms with van der Waals surface area (Å²) in [6, 6.07) is 20.1. The van der Waals surface area contributed by atoms with E-state index in [-0.39, 0.29) is 50.3 Å². The third kappa shape index (κ3) is 15.9. The van der Waals surface area contributed by atoms with Gasteiger partial charge in [0.15, 0.2) is 6.29 Å². The van der Waals surface area contributed by atoms with Gasteiger partial charge in [-0.15, -0.1) is 0 Å². The van der Waals surface area contributed by atoms with Crippen LogP contribution in [0.25, 0.3) is 0 Å². The van der Waals surface area contributed by atoms with Crippen molar-refractivity contribution >= 4 is 35.1 Å². The second-order valence-corrected chi connectivity index (χ2v) is 31.7. The molecule has 3 aliphatic heterocycles. The molecule has 1 unspecified atom stereocenters. The Bertz CT molecular complexity index is 2480. The van der Waals surface area contributed by atoms with Gasteiger partial charge in [-0.25, -0.2) is 0 Å². The molecule has 3 saturated heterocycles. The van der Waals surface area contributed by atoms with Crippen molar-refractivity contribution in [3.8, 4) is 0 Å². The zero-order chi connectivity index (χ0) is 62.6. The van der Waals surface area contributed by atoms with E-state index in [4.69, 9.17) is 23.7 Å². The predicted octanol–water partition coefficient (Wildman–Crippen LogP) is 8.99. The topological polar surface area (TPSA) is 188 Å². The Labute approximate surface area is 506 Å². The number of unbranched alkanes of at least 4 members (excludes halogenated alkanes) is 4. The van der Waals surface area contributed by atoms with E-state index in [2.05, 4.69) is 96.1 Å². The first-order chi connectivity index (χ1) is 39.2. The second-order valence-electron chi connectivity index (χ2n) is 27.7. The fourth-order valence-electron chi connectivity index (χ4n) is 15.3. The summed E-state index contributed by atoms with van der Waals surface area (Å²) in [5.74, 6) is -3.69. The second kappa shape index (κ2) is 28.9. The van der Waals surface area contributed by atoms with Crippen LogP contribution in [0.4, 0.5) is 0 Å². The van der Waals surface area contributed by atoms with Crippen molar-refractivity contribution in [3.05, 3.63) is 88.0 Å². The minimum atomic E-state index is -2.56. The summed E-state index contributed by atoms with van der Waals surface area (Å²) in [6.45, 7) is 31.1. The molecule has 3 aliphatic rings. The van der Waals surface area contributed by atoms with Crippen molar-refractivity contribution < 1.29 is 58.8 Å². The first-order valence-electron chi connectivity index (χ1n) is 31.6. The molecule has 0 radical (unpaired) electrons. The number of methoxy groups -OCH3 is 1. The van der Waals surface area contributed by atoms with Crippen molar-refractivity contribution in [2.75, 3.05) is 33.9 Å². The number of nitrogens with zero attached hydrogens (tertiary/aromatic N) is 2. The SMILES string of the molecule is CC[C@H]1OC(=O)[C@H](C)[C@@H](C2C[C@@](C)(OC)[C@@H](O)[C@H](C)O2)[C@H](C)[C@@H](O[C@@H]2O[C@H](C)C[C@H](N(C)C)[C@H]2O)[C@](C)(O)C[C@@H](C)CN(C(=O)CCCCCCC[PH](c2cc(C)cc(C)c2)(c2cc(C)cc(C)c2)c2cc(C)cc(C)c2)[C@H](C)[C@@H](O)[C@]1(C)O. The van der Waals surface area contributed by atoms with Crippen LogP contribution in [0.3, 0.4) is 0 Å². The molecule has 3 aromatic rings. The summed E-state index contributed by atoms with van der Waals surface area (Å²) in [6.07, 6.45) is -2.24. The van der Waals surface area contributed by atoms with Crippen molar-refractivity contribution in [2.45, 2.75) is 259 Å². The minimum absolute atomic E-state index is 0.0944. The van der Waals surface area contributed by atoms with Gasteiger partial charge < -0.3 is 49.0 Å². The number of hydrogen-bond acceptors (Lipinski definition) is 13. The fourth-order valence-corrected chi connectivity index (χ4v) is 20.8.